The Morgan fingerprint density at radius 2 is 1.82 bits per heavy atom. The van der Waals surface area contributed by atoms with Gasteiger partial charge in [-0.3, -0.25) is 9.59 Å². The summed E-state index contributed by atoms with van der Waals surface area (Å²) in [5, 5.41) is 20.1. The highest BCUT2D eigenvalue weighted by Gasteiger charge is 2.29. The van der Waals surface area contributed by atoms with Crippen LogP contribution in [0.1, 0.15) is 69.1 Å². The predicted molar refractivity (Wildman–Crippen MR) is 153 cm³/mol. The second-order valence-electron chi connectivity index (χ2n) is 9.85. The van der Waals surface area contributed by atoms with Gasteiger partial charge in [-0.05, 0) is 81.5 Å². The van der Waals surface area contributed by atoms with E-state index >= 15 is 0 Å². The summed E-state index contributed by atoms with van der Waals surface area (Å²) in [6.45, 7) is 3.93. The monoisotopic (exact) mass is 565 g/mol. The zero-order chi connectivity index (χ0) is 28.5. The number of hydrogen-bond acceptors (Lipinski definition) is 9. The van der Waals surface area contributed by atoms with Crippen LogP contribution in [0.15, 0.2) is 41.8 Å². The topological polar surface area (TPSA) is 143 Å². The molecule has 1 saturated carbocycles. The number of benzene rings is 1. The highest BCUT2D eigenvalue weighted by Crippen LogP contribution is 2.22. The normalized spacial score (nSPS) is 13.9. The molecular weight excluding hydrogens is 530 g/mol. The van der Waals surface area contributed by atoms with Crippen molar-refractivity contribution in [1.82, 2.24) is 20.6 Å². The molecule has 4 rings (SSSR count). The quantitative estimate of drug-likeness (QED) is 0.191. The van der Waals surface area contributed by atoms with Crippen LogP contribution in [0.2, 0.25) is 0 Å². The lowest BCUT2D eigenvalue weighted by atomic mass is 10.1. The lowest BCUT2D eigenvalue weighted by Gasteiger charge is -2.21. The Kier molecular flexibility index (Phi) is 10.1. The van der Waals surface area contributed by atoms with E-state index < -0.39 is 17.9 Å². The molecule has 40 heavy (non-hydrogen) atoms. The van der Waals surface area contributed by atoms with Crippen molar-refractivity contribution < 1.29 is 24.2 Å². The Bertz CT molecular complexity index is 1300. The van der Waals surface area contributed by atoms with Gasteiger partial charge in [-0.1, -0.05) is 18.2 Å². The second kappa shape index (κ2) is 13.9. The number of aromatic hydroxyl groups is 1. The molecule has 10 nitrogen and oxygen atoms in total. The first-order chi connectivity index (χ1) is 19.3. The van der Waals surface area contributed by atoms with Crippen LogP contribution in [0.4, 0.5) is 5.95 Å². The number of amides is 2. The van der Waals surface area contributed by atoms with Crippen molar-refractivity contribution in [2.45, 2.75) is 64.5 Å². The highest BCUT2D eigenvalue weighted by molar-refractivity contribution is 7.12. The molecule has 3 aromatic rings. The average Bonchev–Trinajstić information content (AvgIpc) is 3.63. The van der Waals surface area contributed by atoms with E-state index in [9.17, 15) is 19.5 Å². The van der Waals surface area contributed by atoms with Gasteiger partial charge in [-0.2, -0.15) is 0 Å². The van der Waals surface area contributed by atoms with Gasteiger partial charge in [-0.15, -0.1) is 11.3 Å². The molecule has 2 amide bonds. The summed E-state index contributed by atoms with van der Waals surface area (Å²) in [4.78, 5) is 48.2. The number of phenols is 1. The maximum atomic E-state index is 13.3. The van der Waals surface area contributed by atoms with E-state index in [2.05, 4.69) is 25.9 Å². The van der Waals surface area contributed by atoms with E-state index in [1.807, 2.05) is 12.1 Å². The van der Waals surface area contributed by atoms with Crippen molar-refractivity contribution in [2.24, 2.45) is 0 Å². The van der Waals surface area contributed by atoms with Gasteiger partial charge in [-0.25, -0.2) is 14.8 Å². The van der Waals surface area contributed by atoms with Gasteiger partial charge in [0.05, 0.1) is 21.8 Å². The second-order valence-corrected chi connectivity index (χ2v) is 10.8. The predicted octanol–water partition coefficient (Wildman–Crippen LogP) is 3.92. The molecule has 1 aliphatic rings. The van der Waals surface area contributed by atoms with Gasteiger partial charge in [0, 0.05) is 13.1 Å². The summed E-state index contributed by atoms with van der Waals surface area (Å²) in [6, 6.07) is 9.55. The number of nitrogens with zero attached hydrogens (tertiary/aromatic N) is 2. The van der Waals surface area contributed by atoms with Crippen molar-refractivity contribution in [2.75, 3.05) is 18.4 Å². The molecule has 0 saturated heterocycles. The van der Waals surface area contributed by atoms with E-state index in [0.29, 0.717) is 28.8 Å². The van der Waals surface area contributed by atoms with E-state index in [0.717, 1.165) is 44.1 Å². The van der Waals surface area contributed by atoms with Gasteiger partial charge < -0.3 is 25.8 Å². The first-order valence-corrected chi connectivity index (χ1v) is 14.4. The maximum absolute atomic E-state index is 13.3. The molecule has 0 radical (unpaired) electrons. The standard InChI is InChI=1S/C29H35N5O5S/c1-18-25(19(2)33-29(32-18)30-14-6-9-20-8-5-10-21(35)16-20)27(37)34-23(28(38)39-22-11-3-4-12-22)17-31-26(36)24-13-7-15-40-24/h5,7-8,10,13,15-16,22-23,35H,3-4,6,9,11-12,14,17H2,1-2H3,(H,31,36)(H,34,37)(H,30,32,33). The number of esters is 1. The Morgan fingerprint density at radius 1 is 1.07 bits per heavy atom. The van der Waals surface area contributed by atoms with E-state index in [1.165, 1.54) is 11.3 Å². The summed E-state index contributed by atoms with van der Waals surface area (Å²) < 4.78 is 5.65. The average molecular weight is 566 g/mol. The zero-order valence-corrected chi connectivity index (χ0v) is 23.6. The van der Waals surface area contributed by atoms with Gasteiger partial charge in [0.1, 0.15) is 17.9 Å². The summed E-state index contributed by atoms with van der Waals surface area (Å²) in [5.74, 6) is -0.758. The number of nitrogens with one attached hydrogen (secondary N) is 3. The minimum Gasteiger partial charge on any atom is -0.508 e. The maximum Gasteiger partial charge on any atom is 0.330 e. The van der Waals surface area contributed by atoms with Crippen molar-refractivity contribution in [3.63, 3.8) is 0 Å². The largest absolute Gasteiger partial charge is 0.508 e. The van der Waals surface area contributed by atoms with Gasteiger partial charge >= 0.3 is 5.97 Å². The highest BCUT2D eigenvalue weighted by atomic mass is 32.1. The Hall–Kier alpha value is -3.99. The molecule has 2 aromatic heterocycles. The van der Waals surface area contributed by atoms with Gasteiger partial charge in [0.2, 0.25) is 5.95 Å². The third-order valence-electron chi connectivity index (χ3n) is 6.72. The Balaban J connectivity index is 1.38. The van der Waals surface area contributed by atoms with Gasteiger partial charge in [0.25, 0.3) is 11.8 Å². The molecule has 0 spiro atoms. The third kappa shape index (κ3) is 8.01. The smallest absolute Gasteiger partial charge is 0.330 e. The number of rotatable bonds is 12. The molecule has 2 heterocycles. The third-order valence-corrected chi connectivity index (χ3v) is 7.59. The van der Waals surface area contributed by atoms with Gasteiger partial charge in [0.15, 0.2) is 0 Å². The fourth-order valence-corrected chi connectivity index (χ4v) is 5.33. The number of ether oxygens (including phenoxy) is 1. The van der Waals surface area contributed by atoms with Crippen LogP contribution in [0.5, 0.6) is 5.75 Å². The Morgan fingerprint density at radius 3 is 2.50 bits per heavy atom. The number of aryl methyl sites for hydroxylation is 3. The first-order valence-electron chi connectivity index (χ1n) is 13.5. The fourth-order valence-electron chi connectivity index (χ4n) is 4.69. The number of carbonyl (C=O) groups excluding carboxylic acids is 3. The van der Waals surface area contributed by atoms with E-state index in [1.54, 1.807) is 43.5 Å². The molecule has 212 valence electrons. The molecule has 1 fully saturated rings. The molecule has 0 bridgehead atoms. The molecule has 1 unspecified atom stereocenters. The first kappa shape index (κ1) is 29.0. The minimum absolute atomic E-state index is 0.105. The van der Waals surface area contributed by atoms with Crippen LogP contribution < -0.4 is 16.0 Å². The Labute approximate surface area is 237 Å². The van der Waals surface area contributed by atoms with Crippen LogP contribution in [-0.4, -0.2) is 58.1 Å². The number of thiophene rings is 1. The molecular formula is C29H35N5O5S. The van der Waals surface area contributed by atoms with Crippen LogP contribution >= 0.6 is 11.3 Å². The van der Waals surface area contributed by atoms with Crippen LogP contribution in [0.25, 0.3) is 0 Å². The van der Waals surface area contributed by atoms with Crippen molar-refractivity contribution in [3.05, 3.63) is 69.2 Å². The lowest BCUT2D eigenvalue weighted by Crippen LogP contribution is -2.50. The van der Waals surface area contributed by atoms with Crippen LogP contribution in [-0.2, 0) is 16.0 Å². The number of aromatic nitrogens is 2. The zero-order valence-electron chi connectivity index (χ0n) is 22.7. The van der Waals surface area contributed by atoms with E-state index in [4.69, 9.17) is 4.74 Å². The number of anilines is 1. The molecule has 0 aliphatic heterocycles. The summed E-state index contributed by atoms with van der Waals surface area (Å²) in [5.41, 5.74) is 2.24. The van der Waals surface area contributed by atoms with Crippen LogP contribution in [0, 0.1) is 13.8 Å². The van der Waals surface area contributed by atoms with E-state index in [-0.39, 0.29) is 29.9 Å². The number of carbonyl (C=O) groups is 3. The van der Waals surface area contributed by atoms with Crippen LogP contribution in [0.3, 0.4) is 0 Å². The number of phenolic OH excluding ortho intramolecular Hbond substituents is 1. The molecule has 1 atom stereocenters. The van der Waals surface area contributed by atoms with Crippen molar-refractivity contribution >= 4 is 35.1 Å². The summed E-state index contributed by atoms with van der Waals surface area (Å²) in [6.07, 6.45) is 4.98. The van der Waals surface area contributed by atoms with Crippen molar-refractivity contribution in [3.8, 4) is 5.75 Å². The lowest BCUT2D eigenvalue weighted by molar-refractivity contribution is -0.150. The minimum atomic E-state index is -1.06. The fraction of sp³-hybridized carbons (Fsp3) is 0.414. The molecule has 11 heteroatoms. The summed E-state index contributed by atoms with van der Waals surface area (Å²) in [7, 11) is 0. The molecule has 1 aromatic carbocycles. The summed E-state index contributed by atoms with van der Waals surface area (Å²) >= 11 is 1.29. The molecule has 4 N–H and O–H groups in total. The molecule has 1 aliphatic carbocycles. The number of hydrogen-bond donors (Lipinski definition) is 4. The van der Waals surface area contributed by atoms with Crippen molar-refractivity contribution in [1.29, 1.82) is 0 Å². The SMILES string of the molecule is Cc1nc(NCCCc2cccc(O)c2)nc(C)c1C(=O)NC(CNC(=O)c1cccs1)C(=O)OC1CCCC1.